The van der Waals surface area contributed by atoms with Gasteiger partial charge in [0.1, 0.15) is 0 Å². The smallest absolute Gasteiger partial charge is 0.305 e. The minimum atomic E-state index is -0.863. The van der Waals surface area contributed by atoms with Gasteiger partial charge in [-0.25, -0.2) is 0 Å². The van der Waals surface area contributed by atoms with Crippen LogP contribution in [-0.4, -0.2) is 23.0 Å². The standard InChI is InChI=1S/C11H21NO3/c1-4-5-9(7-11(14)15)12-10(13)6-8(2)3/h8-9H,4-7H2,1-3H3,(H,12,13)(H,14,15). The molecule has 0 saturated heterocycles. The summed E-state index contributed by atoms with van der Waals surface area (Å²) < 4.78 is 0. The van der Waals surface area contributed by atoms with Crippen LogP contribution in [0.1, 0.15) is 46.5 Å². The summed E-state index contributed by atoms with van der Waals surface area (Å²) in [7, 11) is 0. The van der Waals surface area contributed by atoms with E-state index in [2.05, 4.69) is 5.32 Å². The lowest BCUT2D eigenvalue weighted by Gasteiger charge is -2.16. The SMILES string of the molecule is CCCC(CC(=O)O)NC(=O)CC(C)C. The van der Waals surface area contributed by atoms with Gasteiger partial charge in [-0.15, -0.1) is 0 Å². The molecule has 0 aromatic heterocycles. The summed E-state index contributed by atoms with van der Waals surface area (Å²) in [6.45, 7) is 5.90. The predicted molar refractivity (Wildman–Crippen MR) is 58.5 cm³/mol. The molecule has 0 aliphatic heterocycles. The fourth-order valence-corrected chi connectivity index (χ4v) is 1.44. The summed E-state index contributed by atoms with van der Waals surface area (Å²) in [5.41, 5.74) is 0. The second kappa shape index (κ2) is 7.26. The molecule has 4 heteroatoms. The molecule has 15 heavy (non-hydrogen) atoms. The highest BCUT2D eigenvalue weighted by atomic mass is 16.4. The van der Waals surface area contributed by atoms with Crippen molar-refractivity contribution in [3.8, 4) is 0 Å². The molecule has 0 fully saturated rings. The molecular formula is C11H21NO3. The third-order valence-corrected chi connectivity index (χ3v) is 2.02. The van der Waals surface area contributed by atoms with Gasteiger partial charge in [0.05, 0.1) is 6.42 Å². The number of nitrogens with one attached hydrogen (secondary N) is 1. The van der Waals surface area contributed by atoms with E-state index in [1.165, 1.54) is 0 Å². The normalized spacial score (nSPS) is 12.5. The maximum absolute atomic E-state index is 11.4. The van der Waals surface area contributed by atoms with Crippen LogP contribution in [0.3, 0.4) is 0 Å². The van der Waals surface area contributed by atoms with E-state index in [9.17, 15) is 9.59 Å². The van der Waals surface area contributed by atoms with Crippen LogP contribution in [0.15, 0.2) is 0 Å². The van der Waals surface area contributed by atoms with Gasteiger partial charge in [-0.2, -0.15) is 0 Å². The molecule has 0 radical (unpaired) electrons. The van der Waals surface area contributed by atoms with Gasteiger partial charge < -0.3 is 10.4 Å². The van der Waals surface area contributed by atoms with Crippen LogP contribution in [0, 0.1) is 5.92 Å². The third kappa shape index (κ3) is 7.97. The molecule has 0 aromatic carbocycles. The summed E-state index contributed by atoms with van der Waals surface area (Å²) in [6, 6.07) is -0.223. The zero-order chi connectivity index (χ0) is 11.8. The van der Waals surface area contributed by atoms with E-state index in [0.717, 1.165) is 12.8 Å². The Hall–Kier alpha value is -1.06. The second-order valence-electron chi connectivity index (χ2n) is 4.25. The van der Waals surface area contributed by atoms with Crippen molar-refractivity contribution in [3.05, 3.63) is 0 Å². The average Bonchev–Trinajstić information content (AvgIpc) is 2.00. The molecule has 0 bridgehead atoms. The topological polar surface area (TPSA) is 66.4 Å². The van der Waals surface area contributed by atoms with E-state index in [0.29, 0.717) is 12.3 Å². The molecule has 1 amide bonds. The Morgan fingerprint density at radius 3 is 2.27 bits per heavy atom. The van der Waals surface area contributed by atoms with Crippen LogP contribution in [-0.2, 0) is 9.59 Å². The Morgan fingerprint density at radius 1 is 1.27 bits per heavy atom. The first kappa shape index (κ1) is 13.9. The average molecular weight is 215 g/mol. The Labute approximate surface area is 91.1 Å². The van der Waals surface area contributed by atoms with E-state index in [-0.39, 0.29) is 18.4 Å². The van der Waals surface area contributed by atoms with Gasteiger partial charge in [0.25, 0.3) is 0 Å². The Kier molecular flexibility index (Phi) is 6.75. The fraction of sp³-hybridized carbons (Fsp3) is 0.818. The zero-order valence-electron chi connectivity index (χ0n) is 9.75. The maximum Gasteiger partial charge on any atom is 0.305 e. The maximum atomic E-state index is 11.4. The molecule has 0 rings (SSSR count). The molecule has 0 spiro atoms. The van der Waals surface area contributed by atoms with E-state index < -0.39 is 5.97 Å². The van der Waals surface area contributed by atoms with E-state index in [4.69, 9.17) is 5.11 Å². The van der Waals surface area contributed by atoms with Crippen LogP contribution in [0.2, 0.25) is 0 Å². The van der Waals surface area contributed by atoms with Gasteiger partial charge in [0.2, 0.25) is 5.91 Å². The molecule has 88 valence electrons. The number of carbonyl (C=O) groups excluding carboxylic acids is 1. The summed E-state index contributed by atoms with van der Waals surface area (Å²) >= 11 is 0. The van der Waals surface area contributed by atoms with Crippen molar-refractivity contribution >= 4 is 11.9 Å². The number of hydrogen-bond donors (Lipinski definition) is 2. The van der Waals surface area contributed by atoms with Crippen molar-refractivity contribution in [2.45, 2.75) is 52.5 Å². The quantitative estimate of drug-likeness (QED) is 0.680. The number of amides is 1. The highest BCUT2D eigenvalue weighted by molar-refractivity contribution is 5.77. The van der Waals surface area contributed by atoms with E-state index in [1.807, 2.05) is 20.8 Å². The summed E-state index contributed by atoms with van der Waals surface area (Å²) in [4.78, 5) is 22.0. The van der Waals surface area contributed by atoms with Crippen LogP contribution in [0.25, 0.3) is 0 Å². The summed E-state index contributed by atoms with van der Waals surface area (Å²) in [5, 5.41) is 11.4. The van der Waals surface area contributed by atoms with Gasteiger partial charge >= 0.3 is 5.97 Å². The van der Waals surface area contributed by atoms with Gasteiger partial charge in [0, 0.05) is 12.5 Å². The van der Waals surface area contributed by atoms with Crippen molar-refractivity contribution in [1.29, 1.82) is 0 Å². The number of aliphatic carboxylic acids is 1. The summed E-state index contributed by atoms with van der Waals surface area (Å²) in [5.74, 6) is -0.611. The number of rotatable bonds is 7. The first-order chi connectivity index (χ1) is 6.95. The highest BCUT2D eigenvalue weighted by Crippen LogP contribution is 2.04. The largest absolute Gasteiger partial charge is 0.481 e. The molecule has 1 atom stereocenters. The van der Waals surface area contributed by atoms with Gasteiger partial charge in [0.15, 0.2) is 0 Å². The molecular weight excluding hydrogens is 194 g/mol. The van der Waals surface area contributed by atoms with Gasteiger partial charge in [-0.1, -0.05) is 27.2 Å². The van der Waals surface area contributed by atoms with Crippen LogP contribution < -0.4 is 5.32 Å². The second-order valence-corrected chi connectivity index (χ2v) is 4.25. The molecule has 0 aromatic rings. The van der Waals surface area contributed by atoms with E-state index in [1.54, 1.807) is 0 Å². The number of hydrogen-bond acceptors (Lipinski definition) is 2. The minimum absolute atomic E-state index is 0.0116. The lowest BCUT2D eigenvalue weighted by molar-refractivity contribution is -0.137. The molecule has 0 heterocycles. The van der Waals surface area contributed by atoms with Crippen LogP contribution in [0.5, 0.6) is 0 Å². The van der Waals surface area contributed by atoms with Crippen molar-refractivity contribution < 1.29 is 14.7 Å². The molecule has 0 aliphatic carbocycles. The Balaban J connectivity index is 4.03. The van der Waals surface area contributed by atoms with Crippen LogP contribution in [0.4, 0.5) is 0 Å². The summed E-state index contributed by atoms with van der Waals surface area (Å²) in [6.07, 6.45) is 2.06. The number of carboxylic acid groups (broad SMARTS) is 1. The lowest BCUT2D eigenvalue weighted by Crippen LogP contribution is -2.36. The fourth-order valence-electron chi connectivity index (χ4n) is 1.44. The molecule has 0 saturated carbocycles. The zero-order valence-corrected chi connectivity index (χ0v) is 9.75. The minimum Gasteiger partial charge on any atom is -0.481 e. The number of carboxylic acids is 1. The Bertz CT molecular complexity index is 214. The van der Waals surface area contributed by atoms with Crippen molar-refractivity contribution in [2.75, 3.05) is 0 Å². The molecule has 0 aliphatic rings. The molecule has 1 unspecified atom stereocenters. The first-order valence-electron chi connectivity index (χ1n) is 5.46. The molecule has 2 N–H and O–H groups in total. The Morgan fingerprint density at radius 2 is 1.87 bits per heavy atom. The highest BCUT2D eigenvalue weighted by Gasteiger charge is 2.15. The molecule has 4 nitrogen and oxygen atoms in total. The third-order valence-electron chi connectivity index (χ3n) is 2.02. The number of carbonyl (C=O) groups is 2. The van der Waals surface area contributed by atoms with Gasteiger partial charge in [-0.05, 0) is 12.3 Å². The van der Waals surface area contributed by atoms with Crippen LogP contribution >= 0.6 is 0 Å². The van der Waals surface area contributed by atoms with Crippen molar-refractivity contribution in [2.24, 2.45) is 5.92 Å². The van der Waals surface area contributed by atoms with Gasteiger partial charge in [-0.3, -0.25) is 9.59 Å². The first-order valence-corrected chi connectivity index (χ1v) is 5.46. The van der Waals surface area contributed by atoms with E-state index >= 15 is 0 Å². The predicted octanol–water partition coefficient (Wildman–Crippen LogP) is 1.79. The monoisotopic (exact) mass is 215 g/mol. The lowest BCUT2D eigenvalue weighted by atomic mass is 10.1. The van der Waals surface area contributed by atoms with Crippen molar-refractivity contribution in [1.82, 2.24) is 5.32 Å². The van der Waals surface area contributed by atoms with Crippen molar-refractivity contribution in [3.63, 3.8) is 0 Å².